The van der Waals surface area contributed by atoms with E-state index in [9.17, 15) is 9.90 Å². The maximum atomic E-state index is 11.7. The predicted octanol–water partition coefficient (Wildman–Crippen LogP) is 6.70. The molecule has 0 radical (unpaired) electrons. The van der Waals surface area contributed by atoms with Crippen LogP contribution in [-0.4, -0.2) is 35.5 Å². The lowest BCUT2D eigenvalue weighted by Gasteiger charge is -2.06. The molecular formula is C25H50O4. The van der Waals surface area contributed by atoms with Gasteiger partial charge in [-0.05, 0) is 19.3 Å². The third-order valence-electron chi connectivity index (χ3n) is 5.64. The minimum Gasteiger partial charge on any atom is -0.466 e. The molecule has 0 bridgehead atoms. The zero-order chi connectivity index (χ0) is 21.4. The van der Waals surface area contributed by atoms with Crippen LogP contribution in [0.25, 0.3) is 0 Å². The summed E-state index contributed by atoms with van der Waals surface area (Å²) in [6.07, 6.45) is 22.8. The summed E-state index contributed by atoms with van der Waals surface area (Å²) in [7, 11) is 0. The van der Waals surface area contributed by atoms with Gasteiger partial charge in [0.25, 0.3) is 0 Å². The lowest BCUT2D eigenvalue weighted by molar-refractivity contribution is -0.143. The molecule has 0 heterocycles. The minimum atomic E-state index is -0.524. The van der Waals surface area contributed by atoms with Crippen molar-refractivity contribution in [3.05, 3.63) is 0 Å². The number of esters is 1. The summed E-state index contributed by atoms with van der Waals surface area (Å²) >= 11 is 0. The first kappa shape index (κ1) is 28.4. The molecule has 1 atom stereocenters. The van der Waals surface area contributed by atoms with E-state index in [0.29, 0.717) is 13.0 Å². The average Bonchev–Trinajstić information content (AvgIpc) is 2.73. The molecule has 0 saturated heterocycles. The van der Waals surface area contributed by atoms with Crippen LogP contribution in [0.15, 0.2) is 0 Å². The van der Waals surface area contributed by atoms with Crippen molar-refractivity contribution in [1.29, 1.82) is 0 Å². The van der Waals surface area contributed by atoms with Gasteiger partial charge in [0.2, 0.25) is 0 Å². The Morgan fingerprint density at radius 3 is 1.66 bits per heavy atom. The van der Waals surface area contributed by atoms with Gasteiger partial charge in [-0.25, -0.2) is 0 Å². The molecule has 0 aromatic heterocycles. The summed E-state index contributed by atoms with van der Waals surface area (Å²) in [6, 6.07) is 0. The van der Waals surface area contributed by atoms with Crippen LogP contribution in [0.1, 0.15) is 135 Å². The van der Waals surface area contributed by atoms with E-state index in [1.165, 1.54) is 77.0 Å². The third-order valence-corrected chi connectivity index (χ3v) is 5.64. The molecule has 174 valence electrons. The third kappa shape index (κ3) is 23.5. The quantitative estimate of drug-likeness (QED) is 0.144. The largest absolute Gasteiger partial charge is 0.466 e. The second kappa shape index (κ2) is 23.7. The first-order chi connectivity index (χ1) is 14.2. The first-order valence-electron chi connectivity index (χ1n) is 12.6. The van der Waals surface area contributed by atoms with Crippen molar-refractivity contribution in [2.45, 2.75) is 141 Å². The maximum Gasteiger partial charge on any atom is 0.305 e. The standard InChI is InChI=1S/C25H50O4/c1-2-3-4-5-11-15-18-21-25(28)29-22-19-16-13-10-8-6-7-9-12-14-17-20-24(27)23-26/h24,26-27H,2-23H2,1H3. The van der Waals surface area contributed by atoms with Crippen LogP contribution in [0.5, 0.6) is 0 Å². The van der Waals surface area contributed by atoms with E-state index in [1.807, 2.05) is 0 Å². The fourth-order valence-corrected chi connectivity index (χ4v) is 3.65. The lowest BCUT2D eigenvalue weighted by Crippen LogP contribution is -2.10. The SMILES string of the molecule is CCCCCCCCCC(=O)OCCCCCCCCCCCCCC(O)CO. The molecule has 0 aliphatic heterocycles. The summed E-state index contributed by atoms with van der Waals surface area (Å²) in [5.74, 6) is -0.00979. The van der Waals surface area contributed by atoms with Gasteiger partial charge < -0.3 is 14.9 Å². The van der Waals surface area contributed by atoms with Gasteiger partial charge in [-0.3, -0.25) is 4.79 Å². The van der Waals surface area contributed by atoms with Gasteiger partial charge in [0, 0.05) is 6.42 Å². The molecule has 0 aliphatic rings. The van der Waals surface area contributed by atoms with E-state index >= 15 is 0 Å². The highest BCUT2D eigenvalue weighted by atomic mass is 16.5. The molecule has 0 aliphatic carbocycles. The number of rotatable bonds is 23. The Morgan fingerprint density at radius 1 is 0.690 bits per heavy atom. The highest BCUT2D eigenvalue weighted by Gasteiger charge is 2.03. The van der Waals surface area contributed by atoms with Crippen molar-refractivity contribution in [3.8, 4) is 0 Å². The number of hydrogen-bond donors (Lipinski definition) is 2. The van der Waals surface area contributed by atoms with E-state index in [0.717, 1.165) is 44.9 Å². The van der Waals surface area contributed by atoms with Crippen molar-refractivity contribution in [3.63, 3.8) is 0 Å². The number of unbranched alkanes of at least 4 members (excludes halogenated alkanes) is 16. The molecular weight excluding hydrogens is 364 g/mol. The zero-order valence-corrected chi connectivity index (χ0v) is 19.3. The highest BCUT2D eigenvalue weighted by Crippen LogP contribution is 2.13. The monoisotopic (exact) mass is 414 g/mol. The fourth-order valence-electron chi connectivity index (χ4n) is 3.65. The number of carbonyl (C=O) groups excluding carboxylic acids is 1. The van der Waals surface area contributed by atoms with Crippen molar-refractivity contribution in [2.24, 2.45) is 0 Å². The molecule has 4 nitrogen and oxygen atoms in total. The lowest BCUT2D eigenvalue weighted by atomic mass is 10.0. The van der Waals surface area contributed by atoms with E-state index < -0.39 is 6.10 Å². The van der Waals surface area contributed by atoms with Crippen molar-refractivity contribution >= 4 is 5.97 Å². The summed E-state index contributed by atoms with van der Waals surface area (Å²) in [5, 5.41) is 18.0. The van der Waals surface area contributed by atoms with Crippen LogP contribution < -0.4 is 0 Å². The van der Waals surface area contributed by atoms with Crippen molar-refractivity contribution < 1.29 is 19.7 Å². The minimum absolute atomic E-state index is 0.00979. The Bertz CT molecular complexity index is 333. The van der Waals surface area contributed by atoms with Crippen LogP contribution >= 0.6 is 0 Å². The molecule has 0 rings (SSSR count). The van der Waals surface area contributed by atoms with Crippen molar-refractivity contribution in [1.82, 2.24) is 0 Å². The van der Waals surface area contributed by atoms with Gasteiger partial charge in [-0.2, -0.15) is 0 Å². The Balaban J connectivity index is 3.14. The molecule has 0 fully saturated rings. The van der Waals surface area contributed by atoms with E-state index in [-0.39, 0.29) is 12.6 Å². The van der Waals surface area contributed by atoms with Crippen LogP contribution in [0.4, 0.5) is 0 Å². The molecule has 0 amide bonds. The summed E-state index contributed by atoms with van der Waals surface area (Å²) < 4.78 is 5.33. The van der Waals surface area contributed by atoms with Crippen LogP contribution in [0.3, 0.4) is 0 Å². The van der Waals surface area contributed by atoms with Gasteiger partial charge in [0.05, 0.1) is 19.3 Å². The van der Waals surface area contributed by atoms with Gasteiger partial charge in [-0.15, -0.1) is 0 Å². The predicted molar refractivity (Wildman–Crippen MR) is 122 cm³/mol. The molecule has 0 spiro atoms. The second-order valence-corrected chi connectivity index (χ2v) is 8.61. The van der Waals surface area contributed by atoms with Gasteiger partial charge in [0.1, 0.15) is 0 Å². The van der Waals surface area contributed by atoms with E-state index in [2.05, 4.69) is 6.92 Å². The Morgan fingerprint density at radius 2 is 1.14 bits per heavy atom. The average molecular weight is 415 g/mol. The van der Waals surface area contributed by atoms with Crippen LogP contribution in [0, 0.1) is 0 Å². The second-order valence-electron chi connectivity index (χ2n) is 8.61. The van der Waals surface area contributed by atoms with Crippen LogP contribution in [0.2, 0.25) is 0 Å². The summed E-state index contributed by atoms with van der Waals surface area (Å²) in [5.41, 5.74) is 0. The molecule has 0 saturated carbocycles. The van der Waals surface area contributed by atoms with Gasteiger partial charge >= 0.3 is 5.97 Å². The van der Waals surface area contributed by atoms with E-state index in [4.69, 9.17) is 9.84 Å². The first-order valence-corrected chi connectivity index (χ1v) is 12.6. The molecule has 1 unspecified atom stereocenters. The normalized spacial score (nSPS) is 12.2. The summed E-state index contributed by atoms with van der Waals surface area (Å²) in [6.45, 7) is 2.72. The zero-order valence-electron chi connectivity index (χ0n) is 19.3. The Labute approximate surface area is 180 Å². The Kier molecular flexibility index (Phi) is 23.2. The van der Waals surface area contributed by atoms with Gasteiger partial charge in [0.15, 0.2) is 0 Å². The van der Waals surface area contributed by atoms with Gasteiger partial charge in [-0.1, -0.05) is 110 Å². The highest BCUT2D eigenvalue weighted by molar-refractivity contribution is 5.69. The number of ether oxygens (including phenoxy) is 1. The Hall–Kier alpha value is -0.610. The number of carbonyl (C=O) groups is 1. The topological polar surface area (TPSA) is 66.8 Å². The van der Waals surface area contributed by atoms with Crippen molar-refractivity contribution in [2.75, 3.05) is 13.2 Å². The molecule has 2 N–H and O–H groups in total. The number of aliphatic hydroxyl groups excluding tert-OH is 2. The molecule has 29 heavy (non-hydrogen) atoms. The molecule has 4 heteroatoms. The number of hydrogen-bond acceptors (Lipinski definition) is 4. The summed E-state index contributed by atoms with van der Waals surface area (Å²) in [4.78, 5) is 11.7. The maximum absolute atomic E-state index is 11.7. The molecule has 0 aromatic rings. The molecule has 0 aromatic carbocycles. The smallest absolute Gasteiger partial charge is 0.305 e. The van der Waals surface area contributed by atoms with E-state index in [1.54, 1.807) is 0 Å². The number of aliphatic hydroxyl groups is 2. The van der Waals surface area contributed by atoms with Crippen LogP contribution in [-0.2, 0) is 9.53 Å². The fraction of sp³-hybridized carbons (Fsp3) is 0.960.